The Kier molecular flexibility index (Phi) is 6.75. The minimum atomic E-state index is -1.06. The monoisotopic (exact) mass is 598 g/mol. The van der Waals surface area contributed by atoms with Gasteiger partial charge in [-0.1, -0.05) is 112 Å². The fourth-order valence-corrected chi connectivity index (χ4v) is 6.04. The van der Waals surface area contributed by atoms with Gasteiger partial charge in [0.15, 0.2) is 6.04 Å². The number of benzene rings is 4. The molecular weight excluding hydrogens is 576 g/mol. The highest BCUT2D eigenvalue weighted by Crippen LogP contribution is 2.43. The molecule has 39 heavy (non-hydrogen) atoms. The molecule has 7 heteroatoms. The molecule has 1 atom stereocenters. The molecule has 5 nitrogen and oxygen atoms in total. The minimum absolute atomic E-state index is 0.0532. The van der Waals surface area contributed by atoms with Crippen molar-refractivity contribution in [2.45, 2.75) is 19.0 Å². The number of pyridine rings is 1. The van der Waals surface area contributed by atoms with Gasteiger partial charge in [-0.2, -0.15) is 0 Å². The summed E-state index contributed by atoms with van der Waals surface area (Å²) < 4.78 is 2.29. The second-order valence-electron chi connectivity index (χ2n) is 9.71. The standard InChI is InChI=1S/C32H24BrClN2O3/c33-24-15-13-22(14-16-24)28-26(17-23-11-6-10-21-9-4-5-12-25(21)23)29(34)31(37)36-27(32(38)39)19-35(30(28)36)18-20-7-2-1-3-8-20/h1-16,27H,17-19H2,(H,38,39). The molecule has 1 N–H and O–H groups in total. The van der Waals surface area contributed by atoms with Crippen LogP contribution in [0.5, 0.6) is 0 Å². The molecule has 0 amide bonds. The van der Waals surface area contributed by atoms with E-state index in [9.17, 15) is 14.7 Å². The van der Waals surface area contributed by atoms with Crippen molar-refractivity contribution in [3.63, 3.8) is 0 Å². The first-order valence-corrected chi connectivity index (χ1v) is 13.8. The quantitative estimate of drug-likeness (QED) is 0.222. The molecular formula is C32H24BrClN2O3. The highest BCUT2D eigenvalue weighted by molar-refractivity contribution is 9.10. The minimum Gasteiger partial charge on any atom is -0.480 e. The molecule has 1 aromatic heterocycles. The maximum absolute atomic E-state index is 13.8. The molecule has 1 aliphatic rings. The van der Waals surface area contributed by atoms with Crippen LogP contribution in [0.1, 0.15) is 22.7 Å². The van der Waals surface area contributed by atoms with Crippen LogP contribution < -0.4 is 10.5 Å². The smallest absolute Gasteiger partial charge is 0.328 e. The third-order valence-electron chi connectivity index (χ3n) is 7.31. The first kappa shape index (κ1) is 25.4. The van der Waals surface area contributed by atoms with Gasteiger partial charge in [-0.25, -0.2) is 4.79 Å². The summed E-state index contributed by atoms with van der Waals surface area (Å²) in [6.45, 7) is 0.625. The molecule has 0 fully saturated rings. The summed E-state index contributed by atoms with van der Waals surface area (Å²) >= 11 is 10.4. The molecule has 2 heterocycles. The molecule has 0 aliphatic carbocycles. The number of aromatic nitrogens is 1. The van der Waals surface area contributed by atoms with E-state index in [4.69, 9.17) is 11.6 Å². The molecule has 5 aromatic rings. The Balaban J connectivity index is 1.63. The molecule has 194 valence electrons. The Bertz CT molecular complexity index is 1760. The van der Waals surface area contributed by atoms with Gasteiger partial charge in [-0.05, 0) is 45.2 Å². The lowest BCUT2D eigenvalue weighted by Gasteiger charge is -2.24. The van der Waals surface area contributed by atoms with Gasteiger partial charge in [0.2, 0.25) is 0 Å². The number of hydrogen-bond acceptors (Lipinski definition) is 3. The van der Waals surface area contributed by atoms with Crippen LogP contribution in [-0.4, -0.2) is 22.2 Å². The van der Waals surface area contributed by atoms with Crippen molar-refractivity contribution in [1.82, 2.24) is 4.57 Å². The van der Waals surface area contributed by atoms with Crippen LogP contribution in [-0.2, 0) is 17.8 Å². The van der Waals surface area contributed by atoms with E-state index in [1.165, 1.54) is 4.57 Å². The number of halogens is 2. The number of carbonyl (C=O) groups is 1. The number of carboxylic acids is 1. The Hall–Kier alpha value is -3.87. The summed E-state index contributed by atoms with van der Waals surface area (Å²) in [7, 11) is 0. The Morgan fingerprint density at radius 1 is 0.923 bits per heavy atom. The summed E-state index contributed by atoms with van der Waals surface area (Å²) in [4.78, 5) is 28.2. The fraction of sp³-hybridized carbons (Fsp3) is 0.125. The molecule has 0 spiro atoms. The summed E-state index contributed by atoms with van der Waals surface area (Å²) in [5.41, 5.74) is 3.92. The number of rotatable bonds is 6. The van der Waals surface area contributed by atoms with Crippen LogP contribution in [0.15, 0.2) is 106 Å². The summed E-state index contributed by atoms with van der Waals surface area (Å²) in [6, 6.07) is 30.9. The molecule has 1 unspecified atom stereocenters. The van der Waals surface area contributed by atoms with Crippen molar-refractivity contribution >= 4 is 50.1 Å². The van der Waals surface area contributed by atoms with Gasteiger partial charge >= 0.3 is 5.97 Å². The number of nitrogens with zero attached hydrogens (tertiary/aromatic N) is 2. The van der Waals surface area contributed by atoms with Crippen molar-refractivity contribution in [1.29, 1.82) is 0 Å². The molecule has 4 aromatic carbocycles. The predicted molar refractivity (Wildman–Crippen MR) is 160 cm³/mol. The van der Waals surface area contributed by atoms with E-state index in [0.29, 0.717) is 24.3 Å². The lowest BCUT2D eigenvalue weighted by atomic mass is 9.92. The van der Waals surface area contributed by atoms with Gasteiger partial charge in [0.1, 0.15) is 10.8 Å². The van der Waals surface area contributed by atoms with E-state index in [1.807, 2.05) is 77.7 Å². The van der Waals surface area contributed by atoms with Gasteiger partial charge in [-0.3, -0.25) is 9.36 Å². The summed E-state index contributed by atoms with van der Waals surface area (Å²) in [5, 5.41) is 12.4. The molecule has 0 saturated heterocycles. The maximum atomic E-state index is 13.8. The maximum Gasteiger partial charge on any atom is 0.328 e. The summed E-state index contributed by atoms with van der Waals surface area (Å²) in [5.74, 6) is -0.480. The number of carboxylic acid groups (broad SMARTS) is 1. The highest BCUT2D eigenvalue weighted by Gasteiger charge is 2.39. The second-order valence-corrected chi connectivity index (χ2v) is 11.0. The number of aliphatic carboxylic acids is 1. The normalized spacial score (nSPS) is 14.5. The van der Waals surface area contributed by atoms with Gasteiger partial charge in [-0.15, -0.1) is 0 Å². The topological polar surface area (TPSA) is 62.5 Å². The Morgan fingerprint density at radius 2 is 1.62 bits per heavy atom. The summed E-state index contributed by atoms with van der Waals surface area (Å²) in [6.07, 6.45) is 0.422. The molecule has 0 saturated carbocycles. The predicted octanol–water partition coefficient (Wildman–Crippen LogP) is 7.32. The zero-order valence-corrected chi connectivity index (χ0v) is 23.2. The van der Waals surface area contributed by atoms with Crippen molar-refractivity contribution in [2.75, 3.05) is 11.4 Å². The number of anilines is 1. The van der Waals surface area contributed by atoms with Gasteiger partial charge in [0, 0.05) is 23.0 Å². The van der Waals surface area contributed by atoms with E-state index in [2.05, 4.69) is 40.2 Å². The average Bonchev–Trinajstić information content (AvgIpc) is 3.32. The SMILES string of the molecule is O=C(O)C1CN(Cc2ccccc2)c2c(-c3ccc(Br)cc3)c(Cc3cccc4ccccc34)c(Cl)c(=O)n21. The van der Waals surface area contributed by atoms with Gasteiger partial charge < -0.3 is 10.0 Å². The van der Waals surface area contributed by atoms with Gasteiger partial charge in [0.25, 0.3) is 5.56 Å². The van der Waals surface area contributed by atoms with Crippen molar-refractivity contribution in [3.8, 4) is 11.1 Å². The molecule has 6 rings (SSSR count). The van der Waals surface area contributed by atoms with Crippen LogP contribution >= 0.6 is 27.5 Å². The van der Waals surface area contributed by atoms with Crippen LogP contribution in [0, 0.1) is 0 Å². The lowest BCUT2D eigenvalue weighted by molar-refractivity contribution is -0.140. The first-order chi connectivity index (χ1) is 18.9. The van der Waals surface area contributed by atoms with Crippen LogP contribution in [0.4, 0.5) is 5.82 Å². The van der Waals surface area contributed by atoms with Crippen molar-refractivity contribution < 1.29 is 9.90 Å². The van der Waals surface area contributed by atoms with Crippen molar-refractivity contribution in [2.24, 2.45) is 0 Å². The fourth-order valence-electron chi connectivity index (χ4n) is 5.53. The van der Waals surface area contributed by atoms with Gasteiger partial charge in [0.05, 0.1) is 6.54 Å². The Labute approximate surface area is 239 Å². The molecule has 0 bridgehead atoms. The lowest BCUT2D eigenvalue weighted by Crippen LogP contribution is -2.29. The Morgan fingerprint density at radius 3 is 2.36 bits per heavy atom. The van der Waals surface area contributed by atoms with Crippen molar-refractivity contribution in [3.05, 3.63) is 134 Å². The average molecular weight is 600 g/mol. The van der Waals surface area contributed by atoms with E-state index < -0.39 is 17.6 Å². The van der Waals surface area contributed by atoms with Crippen LogP contribution in [0.25, 0.3) is 21.9 Å². The third-order valence-corrected chi connectivity index (χ3v) is 8.23. The van der Waals surface area contributed by atoms with E-state index in [0.717, 1.165) is 37.5 Å². The first-order valence-electron chi connectivity index (χ1n) is 12.6. The molecule has 0 radical (unpaired) electrons. The number of hydrogen-bond donors (Lipinski definition) is 1. The number of fused-ring (bicyclic) bond motifs is 2. The van der Waals surface area contributed by atoms with Crippen LogP contribution in [0.2, 0.25) is 5.02 Å². The van der Waals surface area contributed by atoms with E-state index in [1.54, 1.807) is 0 Å². The second kappa shape index (κ2) is 10.4. The van der Waals surface area contributed by atoms with E-state index >= 15 is 0 Å². The largest absolute Gasteiger partial charge is 0.480 e. The highest BCUT2D eigenvalue weighted by atomic mass is 79.9. The van der Waals surface area contributed by atoms with E-state index in [-0.39, 0.29) is 11.6 Å². The third kappa shape index (κ3) is 4.64. The zero-order chi connectivity index (χ0) is 27.1. The molecule has 1 aliphatic heterocycles. The zero-order valence-electron chi connectivity index (χ0n) is 20.9. The van der Waals surface area contributed by atoms with Crippen LogP contribution in [0.3, 0.4) is 0 Å².